The first-order valence-electron chi connectivity index (χ1n) is 9.34. The van der Waals surface area contributed by atoms with Gasteiger partial charge in [0.15, 0.2) is 5.96 Å². The summed E-state index contributed by atoms with van der Waals surface area (Å²) in [5, 5.41) is 0.755. The predicted octanol–water partition coefficient (Wildman–Crippen LogP) is 2.42. The van der Waals surface area contributed by atoms with Crippen molar-refractivity contribution in [1.82, 2.24) is 9.47 Å². The van der Waals surface area contributed by atoms with Gasteiger partial charge < -0.3 is 20.1 Å². The van der Waals surface area contributed by atoms with Crippen molar-refractivity contribution in [1.29, 1.82) is 0 Å². The topological polar surface area (TPSA) is 66.9 Å². The molecule has 6 nitrogen and oxygen atoms in total. The van der Waals surface area contributed by atoms with Crippen molar-refractivity contribution in [3.63, 3.8) is 0 Å². The molecule has 0 saturated carbocycles. The molecule has 0 bridgehead atoms. The maximum Gasteiger partial charge on any atom is 0.250 e. The lowest BCUT2D eigenvalue weighted by Gasteiger charge is -2.36. The van der Waals surface area contributed by atoms with Gasteiger partial charge in [-0.3, -0.25) is 9.79 Å². The molecule has 2 heterocycles. The normalized spacial score (nSPS) is 15.2. The minimum Gasteiger partial charge on any atom is -0.370 e. The second-order valence-corrected chi connectivity index (χ2v) is 7.07. The zero-order valence-corrected chi connectivity index (χ0v) is 16.2. The monoisotopic (exact) mass is 387 g/mol. The molecule has 0 radical (unpaired) electrons. The van der Waals surface area contributed by atoms with Gasteiger partial charge in [0.25, 0.3) is 0 Å². The van der Waals surface area contributed by atoms with Gasteiger partial charge in [-0.1, -0.05) is 17.7 Å². The first-order chi connectivity index (χ1) is 13.1. The van der Waals surface area contributed by atoms with Crippen LogP contribution in [0.25, 0.3) is 0 Å². The number of pyridine rings is 1. The van der Waals surface area contributed by atoms with E-state index in [0.29, 0.717) is 12.5 Å². The summed E-state index contributed by atoms with van der Waals surface area (Å²) in [4.78, 5) is 20.6. The molecule has 0 spiro atoms. The molecule has 3 rings (SSSR count). The Bertz CT molecular complexity index is 810. The molecule has 0 unspecified atom stereocenters. The Balaban J connectivity index is 1.39. The molecule has 2 N–H and O–H groups in total. The van der Waals surface area contributed by atoms with E-state index in [1.807, 2.05) is 36.5 Å². The fourth-order valence-electron chi connectivity index (χ4n) is 3.18. The van der Waals surface area contributed by atoms with E-state index >= 15 is 0 Å². The molecule has 1 aliphatic heterocycles. The van der Waals surface area contributed by atoms with Crippen LogP contribution in [0.15, 0.2) is 58.4 Å². The molecule has 1 aliphatic rings. The van der Waals surface area contributed by atoms with E-state index in [0.717, 1.165) is 50.6 Å². The van der Waals surface area contributed by atoms with Gasteiger partial charge in [0, 0.05) is 62.2 Å². The highest BCUT2D eigenvalue weighted by Crippen LogP contribution is 2.19. The SMILES string of the molecule is NC(=NCCCCn1ccccc1=O)N1CCN(c2ccc(Cl)cc2)CC1. The van der Waals surface area contributed by atoms with Gasteiger partial charge >= 0.3 is 0 Å². The van der Waals surface area contributed by atoms with Crippen molar-refractivity contribution in [2.24, 2.45) is 10.7 Å². The van der Waals surface area contributed by atoms with Crippen LogP contribution in [0.3, 0.4) is 0 Å². The molecule has 0 amide bonds. The third-order valence-electron chi connectivity index (χ3n) is 4.78. The maximum atomic E-state index is 11.6. The van der Waals surface area contributed by atoms with E-state index in [2.05, 4.69) is 14.8 Å². The third kappa shape index (κ3) is 5.50. The van der Waals surface area contributed by atoms with Gasteiger partial charge in [0.1, 0.15) is 0 Å². The number of benzene rings is 1. The van der Waals surface area contributed by atoms with Crippen LogP contribution in [0.4, 0.5) is 5.69 Å². The van der Waals surface area contributed by atoms with Crippen molar-refractivity contribution in [2.45, 2.75) is 19.4 Å². The summed E-state index contributed by atoms with van der Waals surface area (Å²) in [6.07, 6.45) is 3.64. The number of rotatable bonds is 6. The molecule has 1 saturated heterocycles. The fraction of sp³-hybridized carbons (Fsp3) is 0.400. The Kier molecular flexibility index (Phi) is 6.76. The fourth-order valence-corrected chi connectivity index (χ4v) is 3.30. The number of hydrogen-bond donors (Lipinski definition) is 1. The van der Waals surface area contributed by atoms with Gasteiger partial charge in [-0.05, 0) is 43.2 Å². The average molecular weight is 388 g/mol. The first kappa shape index (κ1) is 19.3. The summed E-state index contributed by atoms with van der Waals surface area (Å²) in [5.74, 6) is 0.614. The van der Waals surface area contributed by atoms with Crippen molar-refractivity contribution in [3.8, 4) is 0 Å². The van der Waals surface area contributed by atoms with E-state index in [-0.39, 0.29) is 5.56 Å². The van der Waals surface area contributed by atoms with Gasteiger partial charge in [0.05, 0.1) is 0 Å². The average Bonchev–Trinajstić information content (AvgIpc) is 2.69. The number of aromatic nitrogens is 1. The van der Waals surface area contributed by atoms with Crippen LogP contribution in [0.1, 0.15) is 12.8 Å². The summed E-state index contributed by atoms with van der Waals surface area (Å²) in [7, 11) is 0. The lowest BCUT2D eigenvalue weighted by atomic mass is 10.2. The zero-order valence-electron chi connectivity index (χ0n) is 15.4. The van der Waals surface area contributed by atoms with E-state index < -0.39 is 0 Å². The molecular weight excluding hydrogens is 362 g/mol. The van der Waals surface area contributed by atoms with E-state index in [4.69, 9.17) is 17.3 Å². The Morgan fingerprint density at radius 2 is 1.78 bits per heavy atom. The van der Waals surface area contributed by atoms with Crippen LogP contribution in [-0.2, 0) is 6.54 Å². The smallest absolute Gasteiger partial charge is 0.250 e. The second kappa shape index (κ2) is 9.46. The van der Waals surface area contributed by atoms with E-state index in [9.17, 15) is 4.79 Å². The minimum absolute atomic E-state index is 0.0408. The highest BCUT2D eigenvalue weighted by Gasteiger charge is 2.18. The minimum atomic E-state index is 0.0408. The van der Waals surface area contributed by atoms with Crippen molar-refractivity contribution < 1.29 is 0 Å². The number of halogens is 1. The first-order valence-corrected chi connectivity index (χ1v) is 9.72. The van der Waals surface area contributed by atoms with Crippen LogP contribution in [-0.4, -0.2) is 48.2 Å². The molecule has 2 aromatic rings. The zero-order chi connectivity index (χ0) is 19.1. The van der Waals surface area contributed by atoms with Crippen LogP contribution >= 0.6 is 11.6 Å². The largest absolute Gasteiger partial charge is 0.370 e. The molecule has 0 atom stereocenters. The van der Waals surface area contributed by atoms with Crippen LogP contribution < -0.4 is 16.2 Å². The number of hydrogen-bond acceptors (Lipinski definition) is 3. The summed E-state index contributed by atoms with van der Waals surface area (Å²) >= 11 is 5.95. The molecule has 7 heteroatoms. The van der Waals surface area contributed by atoms with Gasteiger partial charge in [0.2, 0.25) is 5.56 Å². The number of guanidine groups is 1. The van der Waals surface area contributed by atoms with Gasteiger partial charge in [-0.25, -0.2) is 0 Å². The predicted molar refractivity (Wildman–Crippen MR) is 112 cm³/mol. The standard InChI is InChI=1S/C20H26ClN5O/c21-17-6-8-18(9-7-17)24-13-15-26(16-14-24)20(22)23-10-2-4-12-25-11-3-1-5-19(25)27/h1,3,5-9,11H,2,4,10,12-16H2,(H2,22,23). The Hall–Kier alpha value is -2.47. The molecule has 1 aromatic carbocycles. The lowest BCUT2D eigenvalue weighted by molar-refractivity contribution is 0.380. The summed E-state index contributed by atoms with van der Waals surface area (Å²) in [5.41, 5.74) is 7.38. The molecule has 1 fully saturated rings. The van der Waals surface area contributed by atoms with Crippen molar-refractivity contribution in [3.05, 3.63) is 64.0 Å². The highest BCUT2D eigenvalue weighted by atomic mass is 35.5. The second-order valence-electron chi connectivity index (χ2n) is 6.63. The number of nitrogens with zero attached hydrogens (tertiary/aromatic N) is 4. The molecule has 144 valence electrons. The quantitative estimate of drug-likeness (QED) is 0.469. The summed E-state index contributed by atoms with van der Waals surface area (Å²) in [6, 6.07) is 13.2. The molecule has 1 aromatic heterocycles. The molecular formula is C20H26ClN5O. The number of anilines is 1. The van der Waals surface area contributed by atoms with Gasteiger partial charge in [-0.15, -0.1) is 0 Å². The van der Waals surface area contributed by atoms with Crippen molar-refractivity contribution >= 4 is 23.2 Å². The van der Waals surface area contributed by atoms with Gasteiger partial charge in [-0.2, -0.15) is 0 Å². The number of aryl methyl sites for hydroxylation is 1. The van der Waals surface area contributed by atoms with Crippen LogP contribution in [0, 0.1) is 0 Å². The Morgan fingerprint density at radius 1 is 1.04 bits per heavy atom. The van der Waals surface area contributed by atoms with Crippen molar-refractivity contribution in [2.75, 3.05) is 37.6 Å². The summed E-state index contributed by atoms with van der Waals surface area (Å²) in [6.45, 7) is 4.94. The Morgan fingerprint density at radius 3 is 2.48 bits per heavy atom. The number of unbranched alkanes of at least 4 members (excludes halogenated alkanes) is 1. The Labute approximate surface area is 164 Å². The molecule has 0 aliphatic carbocycles. The van der Waals surface area contributed by atoms with E-state index in [1.165, 1.54) is 5.69 Å². The highest BCUT2D eigenvalue weighted by molar-refractivity contribution is 6.30. The number of nitrogens with two attached hydrogens (primary N) is 1. The number of aliphatic imine (C=N–C) groups is 1. The van der Waals surface area contributed by atoms with Crippen LogP contribution in [0.5, 0.6) is 0 Å². The lowest BCUT2D eigenvalue weighted by Crippen LogP contribution is -2.51. The third-order valence-corrected chi connectivity index (χ3v) is 5.03. The van der Waals surface area contributed by atoms with Crippen LogP contribution in [0.2, 0.25) is 5.02 Å². The number of piperazine rings is 1. The molecule has 27 heavy (non-hydrogen) atoms. The summed E-state index contributed by atoms with van der Waals surface area (Å²) < 4.78 is 1.73. The maximum absolute atomic E-state index is 11.6. The van der Waals surface area contributed by atoms with E-state index in [1.54, 1.807) is 16.7 Å².